The number of amides is 2. The molecule has 2 N–H and O–H groups in total. The van der Waals surface area contributed by atoms with Crippen LogP contribution in [0.2, 0.25) is 0 Å². The second-order valence-corrected chi connectivity index (χ2v) is 6.63. The maximum Gasteiger partial charge on any atom is 0.255 e. The normalized spacial score (nSPS) is 14.7. The zero-order valence-corrected chi connectivity index (χ0v) is 17.1. The van der Waals surface area contributed by atoms with Crippen LogP contribution >= 0.6 is 0 Å². The van der Waals surface area contributed by atoms with Gasteiger partial charge in [-0.1, -0.05) is 13.8 Å². The number of rotatable bonds is 10. The van der Waals surface area contributed by atoms with Gasteiger partial charge in [0.25, 0.3) is 5.91 Å². The number of nitrogens with zero attached hydrogens (tertiary/aromatic N) is 2. The summed E-state index contributed by atoms with van der Waals surface area (Å²) in [5.41, 5.74) is 1.06. The maximum absolute atomic E-state index is 12.5. The molecule has 1 aliphatic rings. The summed E-state index contributed by atoms with van der Waals surface area (Å²) >= 11 is 0. The van der Waals surface area contributed by atoms with E-state index in [-0.39, 0.29) is 11.8 Å². The highest BCUT2D eigenvalue weighted by Crippen LogP contribution is 2.23. The van der Waals surface area contributed by atoms with Crippen LogP contribution < -0.4 is 15.4 Å². The minimum atomic E-state index is -0.185. The Morgan fingerprint density at radius 3 is 2.57 bits per heavy atom. The number of ether oxygens (including phenoxy) is 2. The number of likely N-dealkylation sites (N-methyl/N-ethyl adjacent to an activating group) is 1. The third-order valence-corrected chi connectivity index (χ3v) is 4.81. The Balaban J connectivity index is 1.91. The molecule has 1 aromatic rings. The monoisotopic (exact) mass is 392 g/mol. The summed E-state index contributed by atoms with van der Waals surface area (Å²) in [6, 6.07) is 5.07. The topological polar surface area (TPSA) is 83.1 Å². The number of benzene rings is 1. The van der Waals surface area contributed by atoms with E-state index >= 15 is 0 Å². The molecule has 0 aliphatic carbocycles. The summed E-state index contributed by atoms with van der Waals surface area (Å²) in [7, 11) is 1.52. The molecule has 1 fully saturated rings. The number of anilines is 1. The van der Waals surface area contributed by atoms with Gasteiger partial charge in [-0.15, -0.1) is 0 Å². The zero-order valence-electron chi connectivity index (χ0n) is 17.1. The van der Waals surface area contributed by atoms with Gasteiger partial charge in [-0.2, -0.15) is 0 Å². The number of methoxy groups -OCH3 is 1. The molecule has 156 valence electrons. The SMILES string of the molecule is CCN(CC)CCNC(=O)c1ccc(NC(=O)CN2CCOCC2)cc1OC. The lowest BCUT2D eigenvalue weighted by Gasteiger charge is -2.25. The van der Waals surface area contributed by atoms with E-state index in [9.17, 15) is 9.59 Å². The van der Waals surface area contributed by atoms with E-state index in [1.165, 1.54) is 7.11 Å². The Morgan fingerprint density at radius 1 is 1.21 bits per heavy atom. The van der Waals surface area contributed by atoms with Gasteiger partial charge in [0.2, 0.25) is 5.91 Å². The molecule has 0 bridgehead atoms. The summed E-state index contributed by atoms with van der Waals surface area (Å²) in [4.78, 5) is 29.0. The standard InChI is InChI=1S/C20H32N4O4/c1-4-23(5-2)9-8-21-20(26)17-7-6-16(14-18(17)27-3)22-19(25)15-24-10-12-28-13-11-24/h6-7,14H,4-5,8-13,15H2,1-3H3,(H,21,26)(H,22,25). The van der Waals surface area contributed by atoms with Gasteiger partial charge < -0.3 is 25.0 Å². The fourth-order valence-electron chi connectivity index (χ4n) is 3.08. The average molecular weight is 393 g/mol. The number of carbonyl (C=O) groups is 2. The maximum atomic E-state index is 12.5. The van der Waals surface area contributed by atoms with Crippen LogP contribution in [0.1, 0.15) is 24.2 Å². The molecule has 1 aromatic carbocycles. The number of carbonyl (C=O) groups excluding carboxylic acids is 2. The van der Waals surface area contributed by atoms with E-state index in [1.807, 2.05) is 4.90 Å². The van der Waals surface area contributed by atoms with E-state index < -0.39 is 0 Å². The molecular formula is C20H32N4O4. The Morgan fingerprint density at radius 2 is 1.93 bits per heavy atom. The lowest BCUT2D eigenvalue weighted by atomic mass is 10.1. The first kappa shape index (κ1) is 22.1. The van der Waals surface area contributed by atoms with E-state index in [0.29, 0.717) is 43.3 Å². The third kappa shape index (κ3) is 6.78. The number of nitrogens with one attached hydrogen (secondary N) is 2. The van der Waals surface area contributed by atoms with Gasteiger partial charge in [0.15, 0.2) is 0 Å². The molecule has 0 saturated carbocycles. The van der Waals surface area contributed by atoms with Gasteiger partial charge in [0.1, 0.15) is 5.75 Å². The van der Waals surface area contributed by atoms with E-state index in [2.05, 4.69) is 29.4 Å². The van der Waals surface area contributed by atoms with Crippen molar-refractivity contribution in [2.45, 2.75) is 13.8 Å². The third-order valence-electron chi connectivity index (χ3n) is 4.81. The first-order valence-electron chi connectivity index (χ1n) is 9.85. The minimum Gasteiger partial charge on any atom is -0.496 e. The predicted octanol–water partition coefficient (Wildman–Crippen LogP) is 1.04. The molecular weight excluding hydrogens is 360 g/mol. The summed E-state index contributed by atoms with van der Waals surface area (Å²) in [5, 5.41) is 5.78. The van der Waals surface area contributed by atoms with E-state index in [0.717, 1.165) is 32.7 Å². The highest BCUT2D eigenvalue weighted by molar-refractivity contribution is 5.98. The van der Waals surface area contributed by atoms with Gasteiger partial charge >= 0.3 is 0 Å². The van der Waals surface area contributed by atoms with E-state index in [1.54, 1.807) is 18.2 Å². The second-order valence-electron chi connectivity index (χ2n) is 6.63. The molecule has 0 radical (unpaired) electrons. The van der Waals surface area contributed by atoms with Crippen molar-refractivity contribution < 1.29 is 19.1 Å². The Kier molecular flexibility index (Phi) is 9.19. The van der Waals surface area contributed by atoms with Crippen LogP contribution in [0.25, 0.3) is 0 Å². The molecule has 8 nitrogen and oxygen atoms in total. The molecule has 0 unspecified atom stereocenters. The highest BCUT2D eigenvalue weighted by atomic mass is 16.5. The van der Waals surface area contributed by atoms with Crippen molar-refractivity contribution in [1.29, 1.82) is 0 Å². The summed E-state index contributed by atoms with van der Waals surface area (Å²) in [6.07, 6.45) is 0. The Labute approximate surface area is 167 Å². The molecule has 2 rings (SSSR count). The number of morpholine rings is 1. The quantitative estimate of drug-likeness (QED) is 0.619. The van der Waals surface area contributed by atoms with Crippen LogP contribution in [0.5, 0.6) is 5.75 Å². The van der Waals surface area contributed by atoms with Crippen LogP contribution in [-0.2, 0) is 9.53 Å². The molecule has 0 atom stereocenters. The van der Waals surface area contributed by atoms with Crippen LogP contribution in [-0.4, -0.2) is 87.8 Å². The van der Waals surface area contributed by atoms with Gasteiger partial charge in [-0.05, 0) is 25.2 Å². The molecule has 0 aromatic heterocycles. The van der Waals surface area contributed by atoms with Gasteiger partial charge in [0, 0.05) is 37.9 Å². The lowest BCUT2D eigenvalue weighted by molar-refractivity contribution is -0.118. The van der Waals surface area contributed by atoms with Crippen molar-refractivity contribution in [3.05, 3.63) is 23.8 Å². The first-order valence-corrected chi connectivity index (χ1v) is 9.85. The Hall–Kier alpha value is -2.16. The largest absolute Gasteiger partial charge is 0.496 e. The molecule has 0 spiro atoms. The summed E-state index contributed by atoms with van der Waals surface area (Å²) in [6.45, 7) is 10.6. The number of hydrogen-bond donors (Lipinski definition) is 2. The smallest absolute Gasteiger partial charge is 0.255 e. The van der Waals surface area contributed by atoms with Gasteiger partial charge in [-0.3, -0.25) is 14.5 Å². The zero-order chi connectivity index (χ0) is 20.4. The van der Waals surface area contributed by atoms with Crippen molar-refractivity contribution in [2.75, 3.05) is 71.5 Å². The lowest BCUT2D eigenvalue weighted by Crippen LogP contribution is -2.41. The number of hydrogen-bond acceptors (Lipinski definition) is 6. The predicted molar refractivity (Wildman–Crippen MR) is 109 cm³/mol. The first-order chi connectivity index (χ1) is 13.6. The van der Waals surface area contributed by atoms with Crippen molar-refractivity contribution in [3.63, 3.8) is 0 Å². The van der Waals surface area contributed by atoms with Crippen LogP contribution in [0.3, 0.4) is 0 Å². The molecule has 1 saturated heterocycles. The molecule has 28 heavy (non-hydrogen) atoms. The van der Waals surface area contributed by atoms with Gasteiger partial charge in [-0.25, -0.2) is 0 Å². The summed E-state index contributed by atoms with van der Waals surface area (Å²) in [5.74, 6) is 0.153. The second kappa shape index (κ2) is 11.6. The van der Waals surface area contributed by atoms with Crippen LogP contribution in [0, 0.1) is 0 Å². The average Bonchev–Trinajstić information content (AvgIpc) is 2.71. The van der Waals surface area contributed by atoms with Crippen molar-refractivity contribution in [1.82, 2.24) is 15.1 Å². The molecule has 1 aliphatic heterocycles. The van der Waals surface area contributed by atoms with Gasteiger partial charge in [0.05, 0.1) is 32.4 Å². The van der Waals surface area contributed by atoms with E-state index in [4.69, 9.17) is 9.47 Å². The van der Waals surface area contributed by atoms with Crippen molar-refractivity contribution in [3.8, 4) is 5.75 Å². The highest BCUT2D eigenvalue weighted by Gasteiger charge is 2.16. The summed E-state index contributed by atoms with van der Waals surface area (Å²) < 4.78 is 10.6. The minimum absolute atomic E-state index is 0.0969. The van der Waals surface area contributed by atoms with Crippen LogP contribution in [0.4, 0.5) is 5.69 Å². The Bertz CT molecular complexity index is 643. The molecule has 2 amide bonds. The molecule has 1 heterocycles. The van der Waals surface area contributed by atoms with Crippen LogP contribution in [0.15, 0.2) is 18.2 Å². The fraction of sp³-hybridized carbons (Fsp3) is 0.600. The van der Waals surface area contributed by atoms with Crippen molar-refractivity contribution >= 4 is 17.5 Å². The molecule has 8 heteroatoms. The van der Waals surface area contributed by atoms with Crippen molar-refractivity contribution in [2.24, 2.45) is 0 Å². The fourth-order valence-corrected chi connectivity index (χ4v) is 3.08.